The third kappa shape index (κ3) is 4.46. The predicted octanol–water partition coefficient (Wildman–Crippen LogP) is 5.85. The Morgan fingerprint density at radius 2 is 1.58 bits per heavy atom. The number of rotatable bonds is 6. The highest BCUT2D eigenvalue weighted by molar-refractivity contribution is 6.08. The Bertz CT molecular complexity index is 1350. The first-order valence-electron chi connectivity index (χ1n) is 10.6. The van der Waals surface area contributed by atoms with Crippen LogP contribution in [0.5, 0.6) is 11.5 Å². The van der Waals surface area contributed by atoms with Gasteiger partial charge in [-0.1, -0.05) is 44.2 Å². The minimum absolute atomic E-state index is 0.190. The van der Waals surface area contributed by atoms with Gasteiger partial charge in [0.05, 0.1) is 19.6 Å². The summed E-state index contributed by atoms with van der Waals surface area (Å²) in [5, 5.41) is 3.19. The molecule has 1 aromatic heterocycles. The Kier molecular flexibility index (Phi) is 6.18. The van der Waals surface area contributed by atoms with Gasteiger partial charge in [-0.2, -0.15) is 0 Å². The molecule has 4 rings (SSSR count). The van der Waals surface area contributed by atoms with Gasteiger partial charge in [-0.15, -0.1) is 0 Å². The summed E-state index contributed by atoms with van der Waals surface area (Å²) in [6, 6.07) is 19.5. The van der Waals surface area contributed by atoms with E-state index in [1.807, 2.05) is 24.3 Å². The molecule has 168 valence electrons. The molecule has 0 unspecified atom stereocenters. The molecular formula is C27H25NO5. The Morgan fingerprint density at radius 1 is 0.909 bits per heavy atom. The van der Waals surface area contributed by atoms with E-state index in [-0.39, 0.29) is 11.0 Å². The summed E-state index contributed by atoms with van der Waals surface area (Å²) in [5.74, 6) is 1.29. The molecule has 0 saturated carbocycles. The van der Waals surface area contributed by atoms with E-state index in [2.05, 4.69) is 19.2 Å². The second kappa shape index (κ2) is 9.20. The summed E-state index contributed by atoms with van der Waals surface area (Å²) in [6.45, 7) is 4.26. The zero-order valence-electron chi connectivity index (χ0n) is 19.0. The molecule has 1 N–H and O–H groups in total. The summed E-state index contributed by atoms with van der Waals surface area (Å²) in [5.41, 5.74) is 3.04. The minimum atomic E-state index is -0.407. The SMILES string of the molecule is COc1cccc(OC)c1C(=O)Nc1ccc2oc(-c3ccc(C(C)C)cc3)cc(=O)c2c1. The summed E-state index contributed by atoms with van der Waals surface area (Å²) >= 11 is 0. The van der Waals surface area contributed by atoms with Crippen LogP contribution in [-0.2, 0) is 0 Å². The molecule has 0 radical (unpaired) electrons. The Morgan fingerprint density at radius 3 is 2.18 bits per heavy atom. The molecule has 0 spiro atoms. The van der Waals surface area contributed by atoms with E-state index >= 15 is 0 Å². The van der Waals surface area contributed by atoms with Crippen molar-refractivity contribution in [2.75, 3.05) is 19.5 Å². The molecule has 0 fully saturated rings. The van der Waals surface area contributed by atoms with Gasteiger partial charge in [0.25, 0.3) is 5.91 Å². The molecule has 0 atom stereocenters. The highest BCUT2D eigenvalue weighted by Crippen LogP contribution is 2.30. The lowest BCUT2D eigenvalue weighted by Gasteiger charge is -2.13. The molecule has 4 aromatic rings. The number of carbonyl (C=O) groups excluding carboxylic acids is 1. The molecule has 0 aliphatic rings. The van der Waals surface area contributed by atoms with Crippen molar-refractivity contribution in [2.45, 2.75) is 19.8 Å². The normalized spacial score (nSPS) is 10.9. The maximum absolute atomic E-state index is 12.9. The Hall–Kier alpha value is -4.06. The van der Waals surface area contributed by atoms with Crippen LogP contribution in [0.4, 0.5) is 5.69 Å². The number of anilines is 1. The van der Waals surface area contributed by atoms with Gasteiger partial charge < -0.3 is 19.2 Å². The second-order valence-corrected chi connectivity index (χ2v) is 7.95. The summed E-state index contributed by atoms with van der Waals surface area (Å²) < 4.78 is 16.6. The maximum atomic E-state index is 12.9. The summed E-state index contributed by atoms with van der Waals surface area (Å²) in [7, 11) is 2.97. The fourth-order valence-corrected chi connectivity index (χ4v) is 3.68. The van der Waals surface area contributed by atoms with Gasteiger partial charge >= 0.3 is 0 Å². The number of methoxy groups -OCH3 is 2. The van der Waals surface area contributed by atoms with Crippen LogP contribution in [0.1, 0.15) is 35.7 Å². The number of nitrogens with one attached hydrogen (secondary N) is 1. The van der Waals surface area contributed by atoms with E-state index in [0.717, 1.165) is 5.56 Å². The van der Waals surface area contributed by atoms with Crippen LogP contribution < -0.4 is 20.2 Å². The van der Waals surface area contributed by atoms with Gasteiger partial charge in [0, 0.05) is 17.3 Å². The average molecular weight is 443 g/mol. The van der Waals surface area contributed by atoms with Gasteiger partial charge in [0.2, 0.25) is 0 Å². The van der Waals surface area contributed by atoms with Crippen LogP contribution in [0.25, 0.3) is 22.3 Å². The molecule has 0 saturated heterocycles. The minimum Gasteiger partial charge on any atom is -0.496 e. The number of carbonyl (C=O) groups is 1. The van der Waals surface area contributed by atoms with Crippen molar-refractivity contribution in [2.24, 2.45) is 0 Å². The molecule has 1 amide bonds. The topological polar surface area (TPSA) is 77.8 Å². The summed E-state index contributed by atoms with van der Waals surface area (Å²) in [4.78, 5) is 25.8. The third-order valence-corrected chi connectivity index (χ3v) is 5.50. The first-order chi connectivity index (χ1) is 15.9. The lowest BCUT2D eigenvalue weighted by molar-refractivity contribution is 0.102. The van der Waals surface area contributed by atoms with Crippen molar-refractivity contribution in [3.05, 3.63) is 88.1 Å². The highest BCUT2D eigenvalue weighted by Gasteiger charge is 2.19. The fourth-order valence-electron chi connectivity index (χ4n) is 3.68. The standard InChI is InChI=1S/C27H25NO5/c1-16(2)17-8-10-18(11-9-17)25-15-21(29)20-14-19(12-13-22(20)33-25)28-27(30)26-23(31-3)6-5-7-24(26)32-4/h5-16H,1-4H3,(H,28,30). The molecule has 6 heteroatoms. The average Bonchev–Trinajstić information content (AvgIpc) is 2.83. The highest BCUT2D eigenvalue weighted by atomic mass is 16.5. The number of hydrogen-bond acceptors (Lipinski definition) is 5. The van der Waals surface area contributed by atoms with E-state index in [0.29, 0.717) is 39.8 Å². The van der Waals surface area contributed by atoms with Crippen molar-refractivity contribution in [1.82, 2.24) is 0 Å². The van der Waals surface area contributed by atoms with Crippen LogP contribution in [0.3, 0.4) is 0 Å². The molecule has 6 nitrogen and oxygen atoms in total. The van der Waals surface area contributed by atoms with E-state index in [1.54, 1.807) is 36.4 Å². The van der Waals surface area contributed by atoms with Crippen LogP contribution in [0.2, 0.25) is 0 Å². The van der Waals surface area contributed by atoms with E-state index in [4.69, 9.17) is 13.9 Å². The summed E-state index contributed by atoms with van der Waals surface area (Å²) in [6.07, 6.45) is 0. The molecule has 33 heavy (non-hydrogen) atoms. The third-order valence-electron chi connectivity index (χ3n) is 5.50. The van der Waals surface area contributed by atoms with Crippen molar-refractivity contribution < 1.29 is 18.7 Å². The van der Waals surface area contributed by atoms with Crippen LogP contribution in [-0.4, -0.2) is 20.1 Å². The fraction of sp³-hybridized carbons (Fsp3) is 0.185. The lowest BCUT2D eigenvalue weighted by Crippen LogP contribution is -2.15. The van der Waals surface area contributed by atoms with Crippen molar-refractivity contribution in [1.29, 1.82) is 0 Å². The van der Waals surface area contributed by atoms with Gasteiger partial charge in [-0.3, -0.25) is 9.59 Å². The number of benzene rings is 3. The lowest BCUT2D eigenvalue weighted by atomic mass is 10.0. The maximum Gasteiger partial charge on any atom is 0.263 e. The van der Waals surface area contributed by atoms with E-state index in [9.17, 15) is 9.59 Å². The van der Waals surface area contributed by atoms with Crippen molar-refractivity contribution in [3.8, 4) is 22.8 Å². The zero-order valence-corrected chi connectivity index (χ0v) is 19.0. The number of ether oxygens (including phenoxy) is 2. The number of fused-ring (bicyclic) bond motifs is 1. The van der Waals surface area contributed by atoms with Crippen molar-refractivity contribution in [3.63, 3.8) is 0 Å². The molecule has 1 heterocycles. The van der Waals surface area contributed by atoms with E-state index < -0.39 is 5.91 Å². The molecule has 0 aliphatic heterocycles. The van der Waals surface area contributed by atoms with Gasteiger partial charge in [0.15, 0.2) is 5.43 Å². The van der Waals surface area contributed by atoms with Gasteiger partial charge in [-0.05, 0) is 41.8 Å². The molecule has 0 bridgehead atoms. The smallest absolute Gasteiger partial charge is 0.263 e. The molecular weight excluding hydrogens is 418 g/mol. The van der Waals surface area contributed by atoms with Crippen LogP contribution in [0, 0.1) is 0 Å². The number of amides is 1. The molecule has 0 aliphatic carbocycles. The van der Waals surface area contributed by atoms with Crippen molar-refractivity contribution >= 4 is 22.6 Å². The first kappa shape index (κ1) is 22.1. The first-order valence-corrected chi connectivity index (χ1v) is 10.6. The Balaban J connectivity index is 1.66. The number of hydrogen-bond donors (Lipinski definition) is 1. The predicted molar refractivity (Wildman–Crippen MR) is 130 cm³/mol. The molecule has 3 aromatic carbocycles. The van der Waals surface area contributed by atoms with Crippen LogP contribution >= 0.6 is 0 Å². The Labute approximate surface area is 191 Å². The van der Waals surface area contributed by atoms with E-state index in [1.165, 1.54) is 25.8 Å². The van der Waals surface area contributed by atoms with Gasteiger partial charge in [0.1, 0.15) is 28.4 Å². The largest absolute Gasteiger partial charge is 0.496 e. The zero-order chi connectivity index (χ0) is 23.5. The van der Waals surface area contributed by atoms with Crippen LogP contribution in [0.15, 0.2) is 75.9 Å². The monoisotopic (exact) mass is 443 g/mol. The van der Waals surface area contributed by atoms with Gasteiger partial charge in [-0.25, -0.2) is 0 Å². The quantitative estimate of drug-likeness (QED) is 0.404. The second-order valence-electron chi connectivity index (χ2n) is 7.95.